The Kier molecular flexibility index (Phi) is 3.52. The Bertz CT molecular complexity index is 642. The van der Waals surface area contributed by atoms with Crippen molar-refractivity contribution in [2.75, 3.05) is 0 Å². The average molecular weight is 275 g/mol. The summed E-state index contributed by atoms with van der Waals surface area (Å²) in [6, 6.07) is 5.04. The summed E-state index contributed by atoms with van der Waals surface area (Å²) in [5.41, 5.74) is 1.43. The zero-order valence-electron chi connectivity index (χ0n) is 12.0. The second-order valence-electron chi connectivity index (χ2n) is 5.73. The molecule has 2 rings (SSSR count). The summed E-state index contributed by atoms with van der Waals surface area (Å²) >= 11 is 0. The number of nitro groups is 1. The summed E-state index contributed by atoms with van der Waals surface area (Å²) in [5, 5.41) is 22.7. The number of tetrazole rings is 1. The fourth-order valence-electron chi connectivity index (χ4n) is 2.05. The Hall–Kier alpha value is -2.31. The van der Waals surface area contributed by atoms with Crippen molar-refractivity contribution in [2.45, 2.75) is 39.7 Å². The predicted octanol–water partition coefficient (Wildman–Crippen LogP) is 2.24. The maximum atomic E-state index is 11.0. The fraction of sp³-hybridized carbons (Fsp3) is 0.462. The lowest BCUT2D eigenvalue weighted by Gasteiger charge is -2.17. The van der Waals surface area contributed by atoms with E-state index in [4.69, 9.17) is 0 Å². The summed E-state index contributed by atoms with van der Waals surface area (Å²) in [5.74, 6) is 0.753. The molecule has 0 spiro atoms. The number of nitro benzene ring substituents is 1. The largest absolute Gasteiger partial charge is 0.272 e. The van der Waals surface area contributed by atoms with Gasteiger partial charge in [0, 0.05) is 17.0 Å². The topological polar surface area (TPSA) is 86.7 Å². The first-order valence-corrected chi connectivity index (χ1v) is 6.30. The van der Waals surface area contributed by atoms with E-state index < -0.39 is 0 Å². The molecule has 0 atom stereocenters. The highest BCUT2D eigenvalue weighted by atomic mass is 16.6. The minimum Gasteiger partial charge on any atom is -0.258 e. The van der Waals surface area contributed by atoms with Gasteiger partial charge >= 0.3 is 0 Å². The van der Waals surface area contributed by atoms with Crippen LogP contribution in [0, 0.1) is 17.0 Å². The Morgan fingerprint density at radius 3 is 2.65 bits per heavy atom. The Labute approximate surface area is 116 Å². The van der Waals surface area contributed by atoms with Crippen molar-refractivity contribution in [3.05, 3.63) is 45.3 Å². The van der Waals surface area contributed by atoms with Crippen LogP contribution >= 0.6 is 0 Å². The van der Waals surface area contributed by atoms with E-state index in [1.54, 1.807) is 17.7 Å². The molecule has 0 saturated carbocycles. The number of hydrogen-bond acceptors (Lipinski definition) is 5. The van der Waals surface area contributed by atoms with Gasteiger partial charge < -0.3 is 0 Å². The molecule has 106 valence electrons. The number of rotatable bonds is 3. The van der Waals surface area contributed by atoms with E-state index in [0.29, 0.717) is 12.1 Å². The molecular weight excluding hydrogens is 258 g/mol. The van der Waals surface area contributed by atoms with Crippen LogP contribution in [-0.4, -0.2) is 25.1 Å². The van der Waals surface area contributed by atoms with E-state index in [0.717, 1.165) is 11.4 Å². The number of benzene rings is 1. The molecule has 20 heavy (non-hydrogen) atoms. The summed E-state index contributed by atoms with van der Waals surface area (Å²) in [6.45, 7) is 8.24. The average Bonchev–Trinajstić information content (AvgIpc) is 2.79. The van der Waals surface area contributed by atoms with Crippen LogP contribution < -0.4 is 0 Å². The second-order valence-corrected chi connectivity index (χ2v) is 5.73. The van der Waals surface area contributed by atoms with E-state index in [9.17, 15) is 10.1 Å². The summed E-state index contributed by atoms with van der Waals surface area (Å²) in [6.07, 6.45) is 0. The van der Waals surface area contributed by atoms with Crippen LogP contribution in [0.15, 0.2) is 18.2 Å². The molecule has 0 unspecified atom stereocenters. The van der Waals surface area contributed by atoms with Crippen molar-refractivity contribution >= 4 is 5.69 Å². The number of hydrogen-bond donors (Lipinski definition) is 0. The molecule has 0 aliphatic heterocycles. The van der Waals surface area contributed by atoms with Crippen LogP contribution in [0.25, 0.3) is 0 Å². The first kappa shape index (κ1) is 14.1. The van der Waals surface area contributed by atoms with Crippen LogP contribution in [-0.2, 0) is 12.0 Å². The van der Waals surface area contributed by atoms with Gasteiger partial charge in [-0.25, -0.2) is 4.68 Å². The molecule has 0 aliphatic rings. The van der Waals surface area contributed by atoms with Crippen LogP contribution in [0.4, 0.5) is 5.69 Å². The monoisotopic (exact) mass is 275 g/mol. The third-order valence-corrected chi connectivity index (χ3v) is 3.14. The minimum atomic E-state index is -0.372. The summed E-state index contributed by atoms with van der Waals surface area (Å²) < 4.78 is 1.69. The van der Waals surface area contributed by atoms with Gasteiger partial charge in [-0.1, -0.05) is 32.9 Å². The Balaban J connectivity index is 2.39. The van der Waals surface area contributed by atoms with Crippen LogP contribution in [0.1, 0.15) is 37.7 Å². The highest BCUT2D eigenvalue weighted by Crippen LogP contribution is 2.24. The molecule has 7 nitrogen and oxygen atoms in total. The quantitative estimate of drug-likeness (QED) is 0.633. The molecule has 0 bridgehead atoms. The van der Waals surface area contributed by atoms with Crippen molar-refractivity contribution in [1.82, 2.24) is 20.2 Å². The third-order valence-electron chi connectivity index (χ3n) is 3.14. The van der Waals surface area contributed by atoms with Gasteiger partial charge in [0.1, 0.15) is 0 Å². The molecule has 7 heteroatoms. The van der Waals surface area contributed by atoms with E-state index in [-0.39, 0.29) is 16.0 Å². The van der Waals surface area contributed by atoms with Crippen molar-refractivity contribution < 1.29 is 4.92 Å². The zero-order valence-corrected chi connectivity index (χ0v) is 12.0. The molecule has 0 aliphatic carbocycles. The van der Waals surface area contributed by atoms with Crippen molar-refractivity contribution in [3.8, 4) is 0 Å². The normalized spacial score (nSPS) is 11.6. The predicted molar refractivity (Wildman–Crippen MR) is 73.5 cm³/mol. The van der Waals surface area contributed by atoms with Gasteiger partial charge in [-0.2, -0.15) is 0 Å². The number of aromatic nitrogens is 4. The molecular formula is C13H17N5O2. The first-order valence-electron chi connectivity index (χ1n) is 6.30. The van der Waals surface area contributed by atoms with Gasteiger partial charge in [0.25, 0.3) is 5.69 Å². The Morgan fingerprint density at radius 1 is 1.35 bits per heavy atom. The van der Waals surface area contributed by atoms with Gasteiger partial charge in [0.05, 0.1) is 11.5 Å². The van der Waals surface area contributed by atoms with Gasteiger partial charge in [-0.05, 0) is 22.9 Å². The van der Waals surface area contributed by atoms with E-state index in [1.807, 2.05) is 26.8 Å². The molecule has 0 fully saturated rings. The lowest BCUT2D eigenvalue weighted by atomic mass is 9.95. The fourth-order valence-corrected chi connectivity index (χ4v) is 2.05. The van der Waals surface area contributed by atoms with Gasteiger partial charge in [-0.15, -0.1) is 5.10 Å². The van der Waals surface area contributed by atoms with Crippen molar-refractivity contribution in [2.24, 2.45) is 0 Å². The highest BCUT2D eigenvalue weighted by molar-refractivity contribution is 5.44. The summed E-state index contributed by atoms with van der Waals surface area (Å²) in [7, 11) is 0. The molecule has 2 aromatic rings. The Morgan fingerprint density at radius 2 is 2.05 bits per heavy atom. The van der Waals surface area contributed by atoms with E-state index in [1.165, 1.54) is 6.07 Å². The third kappa shape index (κ3) is 2.66. The van der Waals surface area contributed by atoms with Gasteiger partial charge in [0.15, 0.2) is 5.82 Å². The molecule has 1 heterocycles. The maximum absolute atomic E-state index is 11.0. The SMILES string of the molecule is Cc1c(Cn2nnnc2C(C)(C)C)cccc1[N+](=O)[O-]. The second kappa shape index (κ2) is 4.99. The molecule has 1 aromatic carbocycles. The lowest BCUT2D eigenvalue weighted by Crippen LogP contribution is -2.20. The maximum Gasteiger partial charge on any atom is 0.272 e. The molecule has 0 saturated heterocycles. The zero-order chi connectivity index (χ0) is 14.9. The standard InChI is InChI=1S/C13H17N5O2/c1-9-10(6-5-7-11(9)18(19)20)8-17-12(13(2,3)4)14-15-16-17/h5-7H,8H2,1-4H3. The van der Waals surface area contributed by atoms with Crippen molar-refractivity contribution in [3.63, 3.8) is 0 Å². The van der Waals surface area contributed by atoms with E-state index in [2.05, 4.69) is 15.5 Å². The molecule has 0 N–H and O–H groups in total. The summed E-state index contributed by atoms with van der Waals surface area (Å²) in [4.78, 5) is 10.6. The van der Waals surface area contributed by atoms with Gasteiger partial charge in [0.2, 0.25) is 0 Å². The van der Waals surface area contributed by atoms with Gasteiger partial charge in [-0.3, -0.25) is 10.1 Å². The van der Waals surface area contributed by atoms with Crippen molar-refractivity contribution in [1.29, 1.82) is 0 Å². The van der Waals surface area contributed by atoms with Crippen LogP contribution in [0.5, 0.6) is 0 Å². The minimum absolute atomic E-state index is 0.118. The van der Waals surface area contributed by atoms with E-state index >= 15 is 0 Å². The molecule has 0 radical (unpaired) electrons. The first-order chi connectivity index (χ1) is 9.30. The molecule has 1 aromatic heterocycles. The highest BCUT2D eigenvalue weighted by Gasteiger charge is 2.23. The van der Waals surface area contributed by atoms with Crippen LogP contribution in [0.3, 0.4) is 0 Å². The lowest BCUT2D eigenvalue weighted by molar-refractivity contribution is -0.385. The molecule has 0 amide bonds. The number of nitrogens with zero attached hydrogens (tertiary/aromatic N) is 5. The smallest absolute Gasteiger partial charge is 0.258 e. The van der Waals surface area contributed by atoms with Crippen LogP contribution in [0.2, 0.25) is 0 Å².